The molecule has 5 nitrogen and oxygen atoms in total. The van der Waals surface area contributed by atoms with Gasteiger partial charge in [-0.05, 0) is 0 Å². The molecule has 0 atom stereocenters. The molecule has 0 fully saturated rings. The van der Waals surface area contributed by atoms with E-state index in [1.54, 1.807) is 10.9 Å². The van der Waals surface area contributed by atoms with E-state index >= 15 is 0 Å². The maximum absolute atomic E-state index is 11.0. The van der Waals surface area contributed by atoms with Crippen LogP contribution in [0, 0.1) is 0 Å². The lowest BCUT2D eigenvalue weighted by atomic mass is 10.4. The fourth-order valence-corrected chi connectivity index (χ4v) is 1.40. The molecule has 0 aliphatic carbocycles. The number of fused-ring (bicyclic) bond motifs is 1. The minimum absolute atomic E-state index is 0.0649. The molecule has 1 aliphatic heterocycles. The molecule has 1 aliphatic rings. The number of amides is 1. The number of hydrogen-bond acceptors (Lipinski definition) is 3. The normalized spacial score (nSPS) is 14.4. The minimum Gasteiger partial charge on any atom is -0.476 e. The highest BCUT2D eigenvalue weighted by atomic mass is 35.5. The number of hydrogen-bond donors (Lipinski definition) is 1. The molecular weight excluding hydrogens is 206 g/mol. The number of nitrogens with one attached hydrogen (secondary N) is 1. The molecular formula is C8H10ClN3O2. The summed E-state index contributed by atoms with van der Waals surface area (Å²) < 4.78 is 7.11. The third-order valence-corrected chi connectivity index (χ3v) is 2.18. The van der Waals surface area contributed by atoms with E-state index in [0.29, 0.717) is 18.2 Å². The third kappa shape index (κ3) is 1.68. The first kappa shape index (κ1) is 9.33. The van der Waals surface area contributed by atoms with Crippen molar-refractivity contribution >= 4 is 23.2 Å². The quantitative estimate of drug-likeness (QED) is 0.744. The van der Waals surface area contributed by atoms with Crippen LogP contribution in [0.1, 0.15) is 6.42 Å². The number of rotatable bonds is 2. The second kappa shape index (κ2) is 3.88. The highest BCUT2D eigenvalue weighted by Crippen LogP contribution is 2.26. The molecule has 1 aromatic rings. The summed E-state index contributed by atoms with van der Waals surface area (Å²) in [6.45, 7) is 1.49. The van der Waals surface area contributed by atoms with Crippen molar-refractivity contribution in [2.75, 3.05) is 17.8 Å². The Bertz CT molecular complexity index is 350. The number of ether oxygens (including phenoxy) is 1. The van der Waals surface area contributed by atoms with Gasteiger partial charge in [-0.25, -0.2) is 4.68 Å². The van der Waals surface area contributed by atoms with Gasteiger partial charge in [0.25, 0.3) is 0 Å². The Balaban J connectivity index is 2.18. The van der Waals surface area contributed by atoms with Gasteiger partial charge in [0.1, 0.15) is 11.6 Å². The van der Waals surface area contributed by atoms with E-state index in [-0.39, 0.29) is 11.8 Å². The fourth-order valence-electron chi connectivity index (χ4n) is 1.34. The van der Waals surface area contributed by atoms with Crippen LogP contribution in [0.2, 0.25) is 0 Å². The van der Waals surface area contributed by atoms with Gasteiger partial charge in [-0.15, -0.1) is 11.6 Å². The SMILES string of the molecule is O=C(CCl)Nc1cnn2c1OCCC2. The van der Waals surface area contributed by atoms with Crippen LogP contribution in [-0.4, -0.2) is 28.2 Å². The summed E-state index contributed by atoms with van der Waals surface area (Å²) >= 11 is 5.37. The Morgan fingerprint density at radius 3 is 3.43 bits per heavy atom. The average Bonchev–Trinajstić information content (AvgIpc) is 2.62. The minimum atomic E-state index is -0.253. The first-order chi connectivity index (χ1) is 6.81. The van der Waals surface area contributed by atoms with Crippen LogP contribution in [0.5, 0.6) is 5.88 Å². The molecule has 6 heteroatoms. The molecule has 0 bridgehead atoms. The van der Waals surface area contributed by atoms with Crippen LogP contribution >= 0.6 is 11.6 Å². The molecule has 1 amide bonds. The molecule has 0 saturated carbocycles. The number of aromatic nitrogens is 2. The second-order valence-corrected chi connectivity index (χ2v) is 3.24. The molecule has 14 heavy (non-hydrogen) atoms. The molecule has 0 radical (unpaired) electrons. The average molecular weight is 216 g/mol. The van der Waals surface area contributed by atoms with Crippen molar-refractivity contribution in [3.8, 4) is 5.88 Å². The van der Waals surface area contributed by atoms with Gasteiger partial charge in [0.05, 0.1) is 12.8 Å². The van der Waals surface area contributed by atoms with E-state index in [1.807, 2.05) is 0 Å². The summed E-state index contributed by atoms with van der Waals surface area (Å²) in [6, 6.07) is 0. The Labute approximate surface area is 86.0 Å². The zero-order chi connectivity index (χ0) is 9.97. The Morgan fingerprint density at radius 1 is 1.79 bits per heavy atom. The topological polar surface area (TPSA) is 56.2 Å². The molecule has 2 heterocycles. The Hall–Kier alpha value is -1.23. The van der Waals surface area contributed by atoms with Crippen molar-refractivity contribution in [3.05, 3.63) is 6.20 Å². The van der Waals surface area contributed by atoms with Crippen LogP contribution in [-0.2, 0) is 11.3 Å². The smallest absolute Gasteiger partial charge is 0.239 e. The van der Waals surface area contributed by atoms with Crippen LogP contribution in [0.4, 0.5) is 5.69 Å². The number of anilines is 1. The predicted octanol–water partition coefficient (Wildman–Crippen LogP) is 0.843. The van der Waals surface area contributed by atoms with E-state index in [0.717, 1.165) is 13.0 Å². The van der Waals surface area contributed by atoms with Gasteiger partial charge in [-0.2, -0.15) is 5.10 Å². The van der Waals surface area contributed by atoms with Gasteiger partial charge in [-0.3, -0.25) is 4.79 Å². The van der Waals surface area contributed by atoms with Crippen LogP contribution in [0.15, 0.2) is 6.20 Å². The maximum Gasteiger partial charge on any atom is 0.239 e. The zero-order valence-corrected chi connectivity index (χ0v) is 8.25. The lowest BCUT2D eigenvalue weighted by Gasteiger charge is -2.15. The molecule has 0 unspecified atom stereocenters. The van der Waals surface area contributed by atoms with Crippen molar-refractivity contribution in [1.29, 1.82) is 0 Å². The van der Waals surface area contributed by atoms with Gasteiger partial charge >= 0.3 is 0 Å². The summed E-state index contributed by atoms with van der Waals surface area (Å²) in [5, 5.41) is 6.70. The largest absolute Gasteiger partial charge is 0.476 e. The summed E-state index contributed by atoms with van der Waals surface area (Å²) in [6.07, 6.45) is 2.52. The van der Waals surface area contributed by atoms with Crippen molar-refractivity contribution < 1.29 is 9.53 Å². The Morgan fingerprint density at radius 2 is 2.64 bits per heavy atom. The molecule has 2 rings (SSSR count). The molecule has 1 aromatic heterocycles. The van der Waals surface area contributed by atoms with Gasteiger partial charge in [0.15, 0.2) is 0 Å². The zero-order valence-electron chi connectivity index (χ0n) is 7.49. The lowest BCUT2D eigenvalue weighted by molar-refractivity contribution is -0.113. The van der Waals surface area contributed by atoms with E-state index in [1.165, 1.54) is 0 Å². The van der Waals surface area contributed by atoms with Crippen LogP contribution in [0.25, 0.3) is 0 Å². The highest BCUT2D eigenvalue weighted by Gasteiger charge is 2.17. The monoisotopic (exact) mass is 215 g/mol. The van der Waals surface area contributed by atoms with E-state index in [4.69, 9.17) is 16.3 Å². The number of alkyl halides is 1. The number of halogens is 1. The van der Waals surface area contributed by atoms with E-state index in [2.05, 4.69) is 10.4 Å². The highest BCUT2D eigenvalue weighted by molar-refractivity contribution is 6.29. The van der Waals surface area contributed by atoms with Crippen molar-refractivity contribution in [2.24, 2.45) is 0 Å². The van der Waals surface area contributed by atoms with Gasteiger partial charge in [0.2, 0.25) is 11.8 Å². The Kier molecular flexibility index (Phi) is 2.58. The van der Waals surface area contributed by atoms with Crippen LogP contribution in [0.3, 0.4) is 0 Å². The summed E-state index contributed by atoms with van der Waals surface area (Å²) in [5.41, 5.74) is 0.593. The van der Waals surface area contributed by atoms with Crippen molar-refractivity contribution in [1.82, 2.24) is 9.78 Å². The first-order valence-electron chi connectivity index (χ1n) is 4.35. The summed E-state index contributed by atoms with van der Waals surface area (Å²) in [7, 11) is 0. The van der Waals surface area contributed by atoms with Crippen molar-refractivity contribution in [3.63, 3.8) is 0 Å². The number of nitrogens with zero attached hydrogens (tertiary/aromatic N) is 2. The third-order valence-electron chi connectivity index (χ3n) is 1.94. The second-order valence-electron chi connectivity index (χ2n) is 2.97. The van der Waals surface area contributed by atoms with Gasteiger partial charge in [0, 0.05) is 13.0 Å². The molecule has 0 aromatic carbocycles. The van der Waals surface area contributed by atoms with E-state index < -0.39 is 0 Å². The number of aryl methyl sites for hydroxylation is 1. The van der Waals surface area contributed by atoms with Crippen LogP contribution < -0.4 is 10.1 Å². The summed E-state index contributed by atoms with van der Waals surface area (Å²) in [5.74, 6) is 0.302. The fraction of sp³-hybridized carbons (Fsp3) is 0.500. The van der Waals surface area contributed by atoms with Gasteiger partial charge < -0.3 is 10.1 Å². The van der Waals surface area contributed by atoms with E-state index in [9.17, 15) is 4.79 Å². The van der Waals surface area contributed by atoms with Gasteiger partial charge in [-0.1, -0.05) is 0 Å². The lowest BCUT2D eigenvalue weighted by Crippen LogP contribution is -2.17. The number of carbonyl (C=O) groups excluding carboxylic acids is 1. The first-order valence-corrected chi connectivity index (χ1v) is 4.89. The molecule has 1 N–H and O–H groups in total. The molecule has 76 valence electrons. The number of carbonyl (C=O) groups is 1. The molecule has 0 saturated heterocycles. The van der Waals surface area contributed by atoms with Crippen molar-refractivity contribution in [2.45, 2.75) is 13.0 Å². The predicted molar refractivity (Wildman–Crippen MR) is 51.7 cm³/mol. The summed E-state index contributed by atoms with van der Waals surface area (Å²) in [4.78, 5) is 11.0. The maximum atomic E-state index is 11.0. The standard InChI is InChI=1S/C8H10ClN3O2/c9-4-7(13)11-6-5-10-12-2-1-3-14-8(6)12/h5H,1-4H2,(H,11,13). The molecule has 0 spiro atoms.